The predicted molar refractivity (Wildman–Crippen MR) is 118 cm³/mol. The second kappa shape index (κ2) is 9.88. The molecule has 0 spiro atoms. The maximum Gasteiger partial charge on any atom is 0.262 e. The van der Waals surface area contributed by atoms with Crippen LogP contribution in [0.1, 0.15) is 52.0 Å². The highest BCUT2D eigenvalue weighted by molar-refractivity contribution is 6.22. The minimum absolute atomic E-state index is 0.271. The summed E-state index contributed by atoms with van der Waals surface area (Å²) in [5.74, 6) is -1.06. The van der Waals surface area contributed by atoms with E-state index in [9.17, 15) is 14.4 Å². The van der Waals surface area contributed by atoms with E-state index in [-0.39, 0.29) is 5.91 Å². The van der Waals surface area contributed by atoms with Crippen molar-refractivity contribution in [3.63, 3.8) is 0 Å². The number of imide groups is 1. The molecule has 6 nitrogen and oxygen atoms in total. The summed E-state index contributed by atoms with van der Waals surface area (Å²) >= 11 is 0. The summed E-state index contributed by atoms with van der Waals surface area (Å²) in [4.78, 5) is 41.9. The van der Waals surface area contributed by atoms with Gasteiger partial charge in [-0.05, 0) is 37.0 Å². The Hall–Kier alpha value is -2.99. The Morgan fingerprint density at radius 1 is 0.903 bits per heavy atom. The molecule has 0 radical (unpaired) electrons. The Morgan fingerprint density at radius 2 is 1.52 bits per heavy atom. The molecule has 2 aliphatic rings. The molecule has 3 amide bonds. The molecule has 0 saturated carbocycles. The molecule has 162 valence electrons. The number of nitrogens with one attached hydrogen (secondary N) is 2. The van der Waals surface area contributed by atoms with E-state index in [0.29, 0.717) is 24.1 Å². The van der Waals surface area contributed by atoms with Crippen LogP contribution < -0.4 is 10.2 Å². The molecule has 6 heteroatoms. The number of piperidine rings is 1. The lowest BCUT2D eigenvalue weighted by Gasteiger charge is -2.26. The van der Waals surface area contributed by atoms with E-state index in [4.69, 9.17) is 0 Å². The molecule has 31 heavy (non-hydrogen) atoms. The Balaban J connectivity index is 1.45. The molecule has 2 heterocycles. The van der Waals surface area contributed by atoms with E-state index in [2.05, 4.69) is 5.32 Å². The summed E-state index contributed by atoms with van der Waals surface area (Å²) in [6.07, 6.45) is 5.07. The standard InChI is InChI=1S/C25H29N3O3/c29-23(26-14-9-17-27-15-7-2-8-16-27)22(18-19-10-3-1-4-11-19)28-24(30)20-12-5-6-13-21(20)25(28)31/h1,3-6,10-13,22H,2,7-9,14-18H2,(H,26,29)/p+1/t22-/m0/s1. The Kier molecular flexibility index (Phi) is 6.77. The second-order valence-corrected chi connectivity index (χ2v) is 8.44. The molecule has 0 aromatic heterocycles. The molecule has 2 N–H and O–H groups in total. The van der Waals surface area contributed by atoms with Gasteiger partial charge in [0, 0.05) is 19.4 Å². The van der Waals surface area contributed by atoms with Crippen molar-refractivity contribution in [1.29, 1.82) is 0 Å². The summed E-state index contributed by atoms with van der Waals surface area (Å²) in [7, 11) is 0. The zero-order chi connectivity index (χ0) is 21.6. The van der Waals surface area contributed by atoms with Gasteiger partial charge in [0.05, 0.1) is 30.8 Å². The van der Waals surface area contributed by atoms with E-state index < -0.39 is 17.9 Å². The fourth-order valence-corrected chi connectivity index (χ4v) is 4.60. The van der Waals surface area contributed by atoms with Crippen molar-refractivity contribution < 1.29 is 19.3 Å². The average molecular weight is 421 g/mol. The first-order valence-electron chi connectivity index (χ1n) is 11.3. The lowest BCUT2D eigenvalue weighted by molar-refractivity contribution is -0.904. The van der Waals surface area contributed by atoms with Gasteiger partial charge in [-0.15, -0.1) is 0 Å². The van der Waals surface area contributed by atoms with Gasteiger partial charge in [-0.1, -0.05) is 42.5 Å². The number of rotatable bonds is 8. The molecule has 2 aromatic carbocycles. The van der Waals surface area contributed by atoms with Crippen LogP contribution in [-0.4, -0.2) is 54.8 Å². The fraction of sp³-hybridized carbons (Fsp3) is 0.400. The molecule has 0 bridgehead atoms. The molecular weight excluding hydrogens is 390 g/mol. The van der Waals surface area contributed by atoms with Crippen LogP contribution in [0.15, 0.2) is 54.6 Å². The lowest BCUT2D eigenvalue weighted by atomic mass is 10.0. The number of benzene rings is 2. The van der Waals surface area contributed by atoms with Gasteiger partial charge in [0.2, 0.25) is 5.91 Å². The van der Waals surface area contributed by atoms with Gasteiger partial charge in [0.1, 0.15) is 6.04 Å². The predicted octanol–water partition coefficient (Wildman–Crippen LogP) is 1.47. The van der Waals surface area contributed by atoms with Crippen molar-refractivity contribution in [1.82, 2.24) is 10.2 Å². The molecule has 1 saturated heterocycles. The number of carbonyl (C=O) groups excluding carboxylic acids is 3. The molecule has 4 rings (SSSR count). The first-order valence-corrected chi connectivity index (χ1v) is 11.3. The third-order valence-electron chi connectivity index (χ3n) is 6.28. The first-order chi connectivity index (χ1) is 15.1. The highest BCUT2D eigenvalue weighted by atomic mass is 16.2. The van der Waals surface area contributed by atoms with Crippen LogP contribution in [-0.2, 0) is 11.2 Å². The van der Waals surface area contributed by atoms with Crippen LogP contribution in [0.4, 0.5) is 0 Å². The summed E-state index contributed by atoms with van der Waals surface area (Å²) in [5, 5.41) is 2.99. The van der Waals surface area contributed by atoms with E-state index >= 15 is 0 Å². The van der Waals surface area contributed by atoms with Crippen LogP contribution in [0, 0.1) is 0 Å². The van der Waals surface area contributed by atoms with Crippen molar-refractivity contribution in [2.24, 2.45) is 0 Å². The number of likely N-dealkylation sites (tertiary alicyclic amines) is 1. The zero-order valence-electron chi connectivity index (χ0n) is 17.8. The SMILES string of the molecule is O=C(NCCC[NH+]1CCCCC1)[C@H](Cc1ccccc1)N1C(=O)c2ccccc2C1=O. The third-order valence-corrected chi connectivity index (χ3v) is 6.28. The van der Waals surface area contributed by atoms with Crippen molar-refractivity contribution in [3.05, 3.63) is 71.3 Å². The van der Waals surface area contributed by atoms with Crippen LogP contribution >= 0.6 is 0 Å². The first kappa shape index (κ1) is 21.2. The highest BCUT2D eigenvalue weighted by Crippen LogP contribution is 2.26. The van der Waals surface area contributed by atoms with Crippen LogP contribution in [0.5, 0.6) is 0 Å². The quantitative estimate of drug-likeness (QED) is 0.502. The Labute approximate surface area is 183 Å². The number of hydrogen-bond acceptors (Lipinski definition) is 3. The highest BCUT2D eigenvalue weighted by Gasteiger charge is 2.42. The topological polar surface area (TPSA) is 70.9 Å². The molecule has 0 aliphatic carbocycles. The molecular formula is C25H30N3O3+. The molecule has 2 aliphatic heterocycles. The summed E-state index contributed by atoms with van der Waals surface area (Å²) in [6.45, 7) is 4.01. The molecule has 2 aromatic rings. The lowest BCUT2D eigenvalue weighted by Crippen LogP contribution is -3.12. The van der Waals surface area contributed by atoms with Gasteiger partial charge in [0.15, 0.2) is 0 Å². The maximum absolute atomic E-state index is 13.2. The summed E-state index contributed by atoms with van der Waals surface area (Å²) in [6, 6.07) is 15.4. The Bertz CT molecular complexity index is 903. The van der Waals surface area contributed by atoms with Gasteiger partial charge in [-0.25, -0.2) is 0 Å². The third kappa shape index (κ3) is 4.85. The summed E-state index contributed by atoms with van der Waals surface area (Å²) < 4.78 is 0. The van der Waals surface area contributed by atoms with Crippen molar-refractivity contribution in [3.8, 4) is 0 Å². The number of quaternary nitrogens is 1. The van der Waals surface area contributed by atoms with Crippen LogP contribution in [0.25, 0.3) is 0 Å². The normalized spacial score (nSPS) is 17.5. The maximum atomic E-state index is 13.2. The number of fused-ring (bicyclic) bond motifs is 1. The number of hydrogen-bond donors (Lipinski definition) is 2. The van der Waals surface area contributed by atoms with Gasteiger partial charge in [0.25, 0.3) is 11.8 Å². The number of carbonyl (C=O) groups is 3. The minimum Gasteiger partial charge on any atom is -0.354 e. The van der Waals surface area contributed by atoms with E-state index in [1.165, 1.54) is 32.4 Å². The van der Waals surface area contributed by atoms with E-state index in [0.717, 1.165) is 23.4 Å². The minimum atomic E-state index is -0.864. The Morgan fingerprint density at radius 3 is 2.16 bits per heavy atom. The molecule has 0 unspecified atom stereocenters. The summed E-state index contributed by atoms with van der Waals surface area (Å²) in [5.41, 5.74) is 1.65. The largest absolute Gasteiger partial charge is 0.354 e. The average Bonchev–Trinajstić information content (AvgIpc) is 3.06. The van der Waals surface area contributed by atoms with Crippen molar-refractivity contribution >= 4 is 17.7 Å². The van der Waals surface area contributed by atoms with E-state index in [1.54, 1.807) is 29.2 Å². The van der Waals surface area contributed by atoms with Gasteiger partial charge < -0.3 is 10.2 Å². The molecule has 1 atom stereocenters. The van der Waals surface area contributed by atoms with Crippen molar-refractivity contribution in [2.45, 2.75) is 38.1 Å². The van der Waals surface area contributed by atoms with Gasteiger partial charge in [-0.2, -0.15) is 0 Å². The fourth-order valence-electron chi connectivity index (χ4n) is 4.60. The van der Waals surface area contributed by atoms with Gasteiger partial charge >= 0.3 is 0 Å². The number of nitrogens with zero attached hydrogens (tertiary/aromatic N) is 1. The van der Waals surface area contributed by atoms with E-state index in [1.807, 2.05) is 30.3 Å². The molecule has 1 fully saturated rings. The zero-order valence-corrected chi connectivity index (χ0v) is 17.8. The second-order valence-electron chi connectivity index (χ2n) is 8.44. The smallest absolute Gasteiger partial charge is 0.262 e. The van der Waals surface area contributed by atoms with Crippen LogP contribution in [0.2, 0.25) is 0 Å². The van der Waals surface area contributed by atoms with Gasteiger partial charge in [-0.3, -0.25) is 19.3 Å². The monoisotopic (exact) mass is 420 g/mol. The number of amides is 3. The van der Waals surface area contributed by atoms with Crippen molar-refractivity contribution in [2.75, 3.05) is 26.2 Å². The van der Waals surface area contributed by atoms with Crippen LogP contribution in [0.3, 0.4) is 0 Å².